The molecule has 2 aromatic carbocycles. The molecule has 0 heterocycles. The van der Waals surface area contributed by atoms with Crippen LogP contribution in [-0.2, 0) is 22.4 Å². The zero-order chi connectivity index (χ0) is 31.9. The zero-order valence-corrected chi connectivity index (χ0v) is 25.7. The first-order valence-electron chi connectivity index (χ1n) is 15.0. The first-order valence-corrected chi connectivity index (χ1v) is 15.0. The molecule has 2 rings (SSSR count). The molecule has 43 heavy (non-hydrogen) atoms. The molecule has 0 fully saturated rings. The molecule has 0 aromatic heterocycles. The number of carboxylic acid groups (broad SMARTS) is 2. The molecule has 2 amide bonds. The van der Waals surface area contributed by atoms with Crippen LogP contribution in [0.1, 0.15) is 64.5 Å². The molecule has 2 atom stereocenters. The topological polar surface area (TPSA) is 157 Å². The lowest BCUT2D eigenvalue weighted by Crippen LogP contribution is -2.79. The average molecular weight is 597 g/mol. The van der Waals surface area contributed by atoms with Gasteiger partial charge in [0.15, 0.2) is 5.79 Å². The third-order valence-electron chi connectivity index (χ3n) is 7.98. The van der Waals surface area contributed by atoms with Crippen LogP contribution in [0.15, 0.2) is 60.7 Å². The zero-order valence-electron chi connectivity index (χ0n) is 25.7. The smallest absolute Gasteiger partial charge is 0.407 e. The van der Waals surface area contributed by atoms with Crippen LogP contribution in [0.4, 0.5) is 9.59 Å². The van der Waals surface area contributed by atoms with Crippen molar-refractivity contribution in [1.82, 2.24) is 21.3 Å². The molecule has 0 spiro atoms. The van der Waals surface area contributed by atoms with E-state index >= 15 is 0 Å². The predicted octanol–water partition coefficient (Wildman–Crippen LogP) is 4.83. The van der Waals surface area contributed by atoms with Crippen LogP contribution in [0.5, 0.6) is 0 Å². The van der Waals surface area contributed by atoms with Crippen LogP contribution in [0.2, 0.25) is 0 Å². The van der Waals surface area contributed by atoms with E-state index in [1.165, 1.54) is 0 Å². The second-order valence-electron chi connectivity index (χ2n) is 11.9. The molecule has 0 bridgehead atoms. The first kappa shape index (κ1) is 35.4. The van der Waals surface area contributed by atoms with Gasteiger partial charge in [-0.2, -0.15) is 0 Å². The van der Waals surface area contributed by atoms with Crippen molar-refractivity contribution in [2.45, 2.75) is 84.1 Å². The summed E-state index contributed by atoms with van der Waals surface area (Å²) < 4.78 is 0. The quantitative estimate of drug-likeness (QED) is 0.0721. The molecule has 0 aliphatic carbocycles. The Morgan fingerprint density at radius 1 is 0.721 bits per heavy atom. The van der Waals surface area contributed by atoms with Gasteiger partial charge in [-0.3, -0.25) is 16.0 Å². The van der Waals surface area contributed by atoms with Crippen molar-refractivity contribution in [2.75, 3.05) is 6.54 Å². The molecule has 10 heteroatoms. The van der Waals surface area contributed by atoms with E-state index in [0.717, 1.165) is 30.3 Å². The summed E-state index contributed by atoms with van der Waals surface area (Å²) in [5, 5.41) is 31.7. The van der Waals surface area contributed by atoms with Crippen molar-refractivity contribution in [1.29, 1.82) is 0 Å². The Balaban J connectivity index is 2.65. The number of hydrogen-bond acceptors (Lipinski definition) is 6. The van der Waals surface area contributed by atoms with Gasteiger partial charge in [0.25, 0.3) is 0 Å². The Morgan fingerprint density at radius 3 is 1.58 bits per heavy atom. The normalized spacial score (nSPS) is 13.3. The van der Waals surface area contributed by atoms with Gasteiger partial charge in [0.05, 0.1) is 12.1 Å². The Morgan fingerprint density at radius 2 is 1.19 bits per heavy atom. The maximum absolute atomic E-state index is 12.4. The van der Waals surface area contributed by atoms with E-state index in [-0.39, 0.29) is 17.9 Å². The van der Waals surface area contributed by atoms with Crippen LogP contribution in [-0.4, -0.2) is 59.4 Å². The lowest BCUT2D eigenvalue weighted by atomic mass is 9.66. The molecular formula is C33H48N4O6. The van der Waals surface area contributed by atoms with Crippen molar-refractivity contribution in [3.8, 4) is 0 Å². The number of unbranched alkanes of at least 4 members (excludes halogenated alkanes) is 2. The minimum absolute atomic E-state index is 0.171. The molecule has 236 valence electrons. The number of rotatable bonds is 20. The lowest BCUT2D eigenvalue weighted by Gasteiger charge is -2.52. The molecule has 10 nitrogen and oxygen atoms in total. The van der Waals surface area contributed by atoms with Gasteiger partial charge in [-0.1, -0.05) is 101 Å². The predicted molar refractivity (Wildman–Crippen MR) is 167 cm³/mol. The van der Waals surface area contributed by atoms with E-state index in [1.807, 2.05) is 88.4 Å². The van der Waals surface area contributed by atoms with E-state index in [9.17, 15) is 29.4 Å². The van der Waals surface area contributed by atoms with Crippen LogP contribution >= 0.6 is 0 Å². The Hall–Kier alpha value is -3.76. The van der Waals surface area contributed by atoms with Gasteiger partial charge in [0.2, 0.25) is 0 Å². The summed E-state index contributed by atoms with van der Waals surface area (Å²) in [4.78, 5) is 48.5. The molecular weight excluding hydrogens is 548 g/mol. The Labute approximate surface area is 255 Å². The van der Waals surface area contributed by atoms with Crippen molar-refractivity contribution >= 4 is 24.8 Å². The highest BCUT2D eigenvalue weighted by Gasteiger charge is 2.54. The minimum Gasteiger partial charge on any atom is -0.465 e. The number of aldehydes is 2. The van der Waals surface area contributed by atoms with Crippen molar-refractivity contribution < 1.29 is 29.4 Å². The third-order valence-corrected chi connectivity index (χ3v) is 7.98. The van der Waals surface area contributed by atoms with Crippen LogP contribution < -0.4 is 21.3 Å². The van der Waals surface area contributed by atoms with Gasteiger partial charge >= 0.3 is 12.2 Å². The number of nitrogens with one attached hydrogen (secondary N) is 4. The highest BCUT2D eigenvalue weighted by atomic mass is 16.4. The number of carbonyl (C=O) groups is 4. The lowest BCUT2D eigenvalue weighted by molar-refractivity contribution is -0.112. The minimum atomic E-state index is -1.94. The van der Waals surface area contributed by atoms with Gasteiger partial charge in [-0.05, 0) is 55.2 Å². The fourth-order valence-corrected chi connectivity index (χ4v) is 5.59. The molecule has 0 radical (unpaired) electrons. The summed E-state index contributed by atoms with van der Waals surface area (Å²) in [6.07, 6.45) is 1.91. The number of carbonyl (C=O) groups excluding carboxylic acids is 2. The maximum atomic E-state index is 12.4. The van der Waals surface area contributed by atoms with Gasteiger partial charge in [-0.25, -0.2) is 9.59 Å². The third kappa shape index (κ3) is 10.8. The molecule has 6 N–H and O–H groups in total. The van der Waals surface area contributed by atoms with Crippen molar-refractivity contribution in [3.63, 3.8) is 0 Å². The molecule has 0 saturated carbocycles. The standard InChI is InChI=1S/C33H48N4O6/c1-24(2)28(22-38)34-19-13-7-12-18-32(20-26-14-8-5-9-15-26,21-27-16-10-6-11-17-27)33(36-30(40)41,37-31(42)43)35-29(23-39)25(3)4/h5-6,8-11,14-17,22-25,28-29,34-37H,7,12-13,18-21H2,1-4H3,(H,40,41)(H,42,43)/t28?,29-/m1/s1. The van der Waals surface area contributed by atoms with Crippen LogP contribution in [0.25, 0.3) is 0 Å². The largest absolute Gasteiger partial charge is 0.465 e. The summed E-state index contributed by atoms with van der Waals surface area (Å²) in [6, 6.07) is 18.0. The number of amides is 2. The van der Waals surface area contributed by atoms with E-state index in [4.69, 9.17) is 0 Å². The summed E-state index contributed by atoms with van der Waals surface area (Å²) >= 11 is 0. The van der Waals surface area contributed by atoms with E-state index in [2.05, 4.69) is 21.3 Å². The Kier molecular flexibility index (Phi) is 14.3. The molecule has 1 unspecified atom stereocenters. The molecule has 2 aromatic rings. The highest BCUT2D eigenvalue weighted by Crippen LogP contribution is 2.42. The van der Waals surface area contributed by atoms with Gasteiger partial charge in [-0.15, -0.1) is 0 Å². The molecule has 0 saturated heterocycles. The number of hydrogen-bond donors (Lipinski definition) is 6. The average Bonchev–Trinajstić information content (AvgIpc) is 2.95. The van der Waals surface area contributed by atoms with Crippen LogP contribution in [0.3, 0.4) is 0 Å². The van der Waals surface area contributed by atoms with Crippen molar-refractivity contribution in [2.24, 2.45) is 17.3 Å². The highest BCUT2D eigenvalue weighted by molar-refractivity contribution is 5.70. The van der Waals surface area contributed by atoms with Crippen molar-refractivity contribution in [3.05, 3.63) is 71.8 Å². The summed E-state index contributed by atoms with van der Waals surface area (Å²) in [6.45, 7) is 8.22. The van der Waals surface area contributed by atoms with E-state index in [0.29, 0.717) is 38.5 Å². The monoisotopic (exact) mass is 596 g/mol. The Bertz CT molecular complexity index is 1090. The van der Waals surface area contributed by atoms with Crippen LogP contribution in [0, 0.1) is 17.3 Å². The first-order chi connectivity index (χ1) is 20.5. The number of benzene rings is 2. The maximum Gasteiger partial charge on any atom is 0.407 e. The van der Waals surface area contributed by atoms with E-state index < -0.39 is 29.4 Å². The summed E-state index contributed by atoms with van der Waals surface area (Å²) in [7, 11) is 0. The van der Waals surface area contributed by atoms with Gasteiger partial charge in [0.1, 0.15) is 12.6 Å². The molecule has 0 aliphatic rings. The second kappa shape index (κ2) is 17.4. The SMILES string of the molecule is CC(C)C(C=O)NCCCCCC(Cc1ccccc1)(Cc1ccccc1)C(NC(=O)O)(NC(=O)O)N[C@H](C=O)C(C)C. The van der Waals surface area contributed by atoms with Gasteiger partial charge < -0.3 is 25.1 Å². The van der Waals surface area contributed by atoms with E-state index in [1.54, 1.807) is 0 Å². The fraction of sp³-hybridized carbons (Fsp3) is 0.515. The second-order valence-corrected chi connectivity index (χ2v) is 11.9. The summed E-state index contributed by atoms with van der Waals surface area (Å²) in [5.74, 6) is -2.03. The van der Waals surface area contributed by atoms with Gasteiger partial charge in [0, 0.05) is 5.41 Å². The fourth-order valence-electron chi connectivity index (χ4n) is 5.59. The summed E-state index contributed by atoms with van der Waals surface area (Å²) in [5.41, 5.74) is 0.687. The molecule has 0 aliphatic heterocycles.